The summed E-state index contributed by atoms with van der Waals surface area (Å²) in [7, 11) is 1.36. The number of hydrogen-bond acceptors (Lipinski definition) is 4. The molecule has 1 rings (SSSR count). The van der Waals surface area contributed by atoms with Crippen molar-refractivity contribution in [2.75, 3.05) is 12.9 Å². The van der Waals surface area contributed by atoms with E-state index in [4.69, 9.17) is 0 Å². The molecule has 0 radical (unpaired) electrons. The van der Waals surface area contributed by atoms with Crippen molar-refractivity contribution in [3.05, 3.63) is 29.6 Å². The number of nitrogens with zero attached hydrogens (tertiary/aromatic N) is 1. The van der Waals surface area contributed by atoms with E-state index in [2.05, 4.69) is 22.3 Å². The van der Waals surface area contributed by atoms with Crippen molar-refractivity contribution in [3.63, 3.8) is 0 Å². The highest BCUT2D eigenvalue weighted by atomic mass is 32.1. The lowest BCUT2D eigenvalue weighted by atomic mass is 10.2. The molecule has 0 N–H and O–H groups in total. The number of rotatable bonds is 4. The summed E-state index contributed by atoms with van der Waals surface area (Å²) >= 11 is 4.12. The molecular formula is C10H13NO2S. The van der Waals surface area contributed by atoms with E-state index in [0.29, 0.717) is 5.56 Å². The monoisotopic (exact) mass is 211 g/mol. The lowest BCUT2D eigenvalue weighted by Crippen LogP contribution is -2.02. The van der Waals surface area contributed by atoms with Crippen LogP contribution in [0.2, 0.25) is 0 Å². The first kappa shape index (κ1) is 11.0. The van der Waals surface area contributed by atoms with Crippen LogP contribution < -0.4 is 0 Å². The topological polar surface area (TPSA) is 39.2 Å². The summed E-state index contributed by atoms with van der Waals surface area (Å²) in [6.45, 7) is 0. The average molecular weight is 211 g/mol. The van der Waals surface area contributed by atoms with Crippen molar-refractivity contribution in [1.29, 1.82) is 0 Å². The molecule has 1 aromatic heterocycles. The second-order valence-electron chi connectivity index (χ2n) is 2.86. The summed E-state index contributed by atoms with van der Waals surface area (Å²) in [6.07, 6.45) is 3.43. The molecule has 1 heterocycles. The van der Waals surface area contributed by atoms with Crippen LogP contribution >= 0.6 is 12.6 Å². The molecule has 0 aliphatic rings. The van der Waals surface area contributed by atoms with Gasteiger partial charge in [-0.25, -0.2) is 4.79 Å². The Bertz CT molecular complexity index is 297. The van der Waals surface area contributed by atoms with Crippen molar-refractivity contribution in [2.24, 2.45) is 0 Å². The third kappa shape index (κ3) is 3.03. The summed E-state index contributed by atoms with van der Waals surface area (Å²) in [6, 6.07) is 3.57. The minimum atomic E-state index is -0.349. The first-order valence-electron chi connectivity index (χ1n) is 4.42. The summed E-state index contributed by atoms with van der Waals surface area (Å²) in [4.78, 5) is 15.2. The number of aryl methyl sites for hydroxylation is 1. The zero-order chi connectivity index (χ0) is 10.4. The van der Waals surface area contributed by atoms with E-state index in [-0.39, 0.29) is 5.97 Å². The smallest absolute Gasteiger partial charge is 0.339 e. The number of aromatic nitrogens is 1. The molecule has 0 aliphatic carbocycles. The molecule has 0 aromatic carbocycles. The van der Waals surface area contributed by atoms with Crippen molar-refractivity contribution < 1.29 is 9.53 Å². The standard InChI is InChI=1S/C10H13NO2S/c1-13-10(12)8-4-5-9(11-7-8)3-2-6-14/h4-5,7,14H,2-3,6H2,1H3. The van der Waals surface area contributed by atoms with Gasteiger partial charge in [0.2, 0.25) is 0 Å². The first-order chi connectivity index (χ1) is 6.77. The fraction of sp³-hybridized carbons (Fsp3) is 0.400. The average Bonchev–Trinajstić information content (AvgIpc) is 2.26. The van der Waals surface area contributed by atoms with E-state index in [0.717, 1.165) is 24.3 Å². The van der Waals surface area contributed by atoms with Gasteiger partial charge in [-0.3, -0.25) is 4.98 Å². The molecule has 4 heteroatoms. The maximum Gasteiger partial charge on any atom is 0.339 e. The highest BCUT2D eigenvalue weighted by Gasteiger charge is 2.04. The van der Waals surface area contributed by atoms with Crippen molar-refractivity contribution in [1.82, 2.24) is 4.98 Å². The Labute approximate surface area is 88.9 Å². The van der Waals surface area contributed by atoms with Gasteiger partial charge in [0, 0.05) is 11.9 Å². The van der Waals surface area contributed by atoms with Gasteiger partial charge in [-0.2, -0.15) is 12.6 Å². The van der Waals surface area contributed by atoms with Crippen molar-refractivity contribution in [2.45, 2.75) is 12.8 Å². The molecule has 0 amide bonds. The maximum absolute atomic E-state index is 11.1. The van der Waals surface area contributed by atoms with Crippen LogP contribution in [-0.4, -0.2) is 23.8 Å². The summed E-state index contributed by atoms with van der Waals surface area (Å²) < 4.78 is 4.57. The quantitative estimate of drug-likeness (QED) is 0.609. The van der Waals surface area contributed by atoms with Gasteiger partial charge < -0.3 is 4.74 Å². The SMILES string of the molecule is COC(=O)c1ccc(CCCS)nc1. The predicted octanol–water partition coefficient (Wildman–Crippen LogP) is 1.73. The number of esters is 1. The van der Waals surface area contributed by atoms with Gasteiger partial charge in [0.1, 0.15) is 0 Å². The highest BCUT2D eigenvalue weighted by molar-refractivity contribution is 7.80. The first-order valence-corrected chi connectivity index (χ1v) is 5.05. The van der Waals surface area contributed by atoms with Crippen LogP contribution in [-0.2, 0) is 11.2 Å². The predicted molar refractivity (Wildman–Crippen MR) is 57.8 cm³/mol. The van der Waals surface area contributed by atoms with Gasteiger partial charge in [-0.15, -0.1) is 0 Å². The molecule has 0 bridgehead atoms. The van der Waals surface area contributed by atoms with Crippen LogP contribution in [0.4, 0.5) is 0 Å². The molecule has 1 aromatic rings. The minimum absolute atomic E-state index is 0.349. The summed E-state index contributed by atoms with van der Waals surface area (Å²) in [5.41, 5.74) is 1.47. The molecule has 0 fully saturated rings. The number of carbonyl (C=O) groups is 1. The van der Waals surface area contributed by atoms with E-state index in [1.54, 1.807) is 12.3 Å². The Kier molecular flexibility index (Phi) is 4.46. The van der Waals surface area contributed by atoms with Crippen LogP contribution in [0.1, 0.15) is 22.5 Å². The number of pyridine rings is 1. The zero-order valence-corrected chi connectivity index (χ0v) is 8.96. The van der Waals surface area contributed by atoms with E-state index >= 15 is 0 Å². The van der Waals surface area contributed by atoms with E-state index in [1.165, 1.54) is 7.11 Å². The fourth-order valence-corrected chi connectivity index (χ4v) is 1.23. The molecule has 0 atom stereocenters. The van der Waals surface area contributed by atoms with Crippen molar-refractivity contribution >= 4 is 18.6 Å². The van der Waals surface area contributed by atoms with Gasteiger partial charge in [-0.1, -0.05) is 0 Å². The second kappa shape index (κ2) is 5.65. The van der Waals surface area contributed by atoms with E-state index in [9.17, 15) is 4.79 Å². The maximum atomic E-state index is 11.1. The Hall–Kier alpha value is -1.03. The molecule has 0 unspecified atom stereocenters. The van der Waals surface area contributed by atoms with Crippen LogP contribution in [0.3, 0.4) is 0 Å². The minimum Gasteiger partial charge on any atom is -0.465 e. The number of ether oxygens (including phenoxy) is 1. The van der Waals surface area contributed by atoms with Gasteiger partial charge >= 0.3 is 5.97 Å². The number of thiol groups is 1. The van der Waals surface area contributed by atoms with Crippen molar-refractivity contribution in [3.8, 4) is 0 Å². The molecule has 14 heavy (non-hydrogen) atoms. The van der Waals surface area contributed by atoms with E-state index < -0.39 is 0 Å². The Morgan fingerprint density at radius 1 is 1.57 bits per heavy atom. The van der Waals surface area contributed by atoms with Crippen LogP contribution in [0, 0.1) is 0 Å². The Balaban J connectivity index is 2.63. The van der Waals surface area contributed by atoms with Gasteiger partial charge in [-0.05, 0) is 30.7 Å². The largest absolute Gasteiger partial charge is 0.465 e. The Morgan fingerprint density at radius 3 is 2.86 bits per heavy atom. The Morgan fingerprint density at radius 2 is 2.36 bits per heavy atom. The molecule has 76 valence electrons. The number of hydrogen-bond donors (Lipinski definition) is 1. The highest BCUT2D eigenvalue weighted by Crippen LogP contribution is 2.04. The fourth-order valence-electron chi connectivity index (χ4n) is 1.07. The number of methoxy groups -OCH3 is 1. The third-order valence-corrected chi connectivity index (χ3v) is 2.15. The molecule has 0 spiro atoms. The zero-order valence-electron chi connectivity index (χ0n) is 8.06. The molecule has 0 saturated heterocycles. The third-order valence-electron chi connectivity index (χ3n) is 1.84. The second-order valence-corrected chi connectivity index (χ2v) is 3.30. The normalized spacial score (nSPS) is 9.86. The lowest BCUT2D eigenvalue weighted by molar-refractivity contribution is 0.0600. The number of carbonyl (C=O) groups excluding carboxylic acids is 1. The van der Waals surface area contributed by atoms with Crippen LogP contribution in [0.15, 0.2) is 18.3 Å². The molecule has 0 aliphatic heterocycles. The molecule has 3 nitrogen and oxygen atoms in total. The molecular weight excluding hydrogens is 198 g/mol. The van der Waals surface area contributed by atoms with Gasteiger partial charge in [0.05, 0.1) is 12.7 Å². The van der Waals surface area contributed by atoms with E-state index in [1.807, 2.05) is 6.07 Å². The summed E-state index contributed by atoms with van der Waals surface area (Å²) in [5, 5.41) is 0. The summed E-state index contributed by atoms with van der Waals surface area (Å²) in [5.74, 6) is 0.499. The lowest BCUT2D eigenvalue weighted by Gasteiger charge is -2.00. The van der Waals surface area contributed by atoms with Crippen LogP contribution in [0.25, 0.3) is 0 Å². The van der Waals surface area contributed by atoms with Gasteiger partial charge in [0.15, 0.2) is 0 Å². The van der Waals surface area contributed by atoms with Crippen LogP contribution in [0.5, 0.6) is 0 Å². The van der Waals surface area contributed by atoms with Gasteiger partial charge in [0.25, 0.3) is 0 Å². The molecule has 0 saturated carbocycles.